The number of H-pyrrole nitrogens is 1. The average molecular weight is 346 g/mol. The van der Waals surface area contributed by atoms with Gasteiger partial charge < -0.3 is 15.2 Å². The first-order chi connectivity index (χ1) is 12.1. The molecule has 10 heteroatoms. The number of hydrogen-bond donors (Lipinski definition) is 3. The van der Waals surface area contributed by atoms with Gasteiger partial charge >= 0.3 is 5.97 Å². The number of carbonyl (C=O) groups is 1. The molecule has 0 spiro atoms. The molecule has 1 aliphatic rings. The molecule has 0 unspecified atom stereocenters. The minimum atomic E-state index is -1.32. The van der Waals surface area contributed by atoms with Crippen LogP contribution in [0, 0.1) is 0 Å². The van der Waals surface area contributed by atoms with Gasteiger partial charge in [-0.15, -0.1) is 0 Å². The van der Waals surface area contributed by atoms with Crippen LogP contribution in [0.4, 0.5) is 5.95 Å². The Morgan fingerprint density at radius 1 is 1.36 bits per heavy atom. The molecule has 0 amide bonds. The third kappa shape index (κ3) is 4.37. The fourth-order valence-corrected chi connectivity index (χ4v) is 2.43. The van der Waals surface area contributed by atoms with Crippen molar-refractivity contribution < 1.29 is 14.6 Å². The number of carboxylic acids is 1. The first-order valence-electron chi connectivity index (χ1n) is 7.84. The summed E-state index contributed by atoms with van der Waals surface area (Å²) in [5.41, 5.74) is -0.460. The summed E-state index contributed by atoms with van der Waals surface area (Å²) in [4.78, 5) is 33.2. The summed E-state index contributed by atoms with van der Waals surface area (Å²) in [5, 5.41) is 18.2. The first-order valence-corrected chi connectivity index (χ1v) is 7.84. The molecule has 1 fully saturated rings. The fourth-order valence-electron chi connectivity index (χ4n) is 2.43. The van der Waals surface area contributed by atoms with Crippen molar-refractivity contribution in [1.82, 2.24) is 25.1 Å². The number of hydrogen-bond acceptors (Lipinski definition) is 8. The molecule has 2 aromatic heterocycles. The van der Waals surface area contributed by atoms with Gasteiger partial charge in [-0.2, -0.15) is 5.10 Å². The lowest BCUT2D eigenvalue weighted by Gasteiger charge is -2.26. The van der Waals surface area contributed by atoms with Gasteiger partial charge in [0.25, 0.3) is 5.56 Å². The smallest absolute Gasteiger partial charge is 0.341 e. The van der Waals surface area contributed by atoms with Crippen molar-refractivity contribution in [2.45, 2.75) is 0 Å². The van der Waals surface area contributed by atoms with E-state index >= 15 is 0 Å². The van der Waals surface area contributed by atoms with Crippen LogP contribution in [0.5, 0.6) is 0 Å². The molecule has 10 nitrogen and oxygen atoms in total. The minimum Gasteiger partial charge on any atom is -0.477 e. The number of aromatic nitrogens is 4. The Morgan fingerprint density at radius 2 is 2.16 bits per heavy atom. The van der Waals surface area contributed by atoms with Crippen LogP contribution in [-0.2, 0) is 4.74 Å². The van der Waals surface area contributed by atoms with Gasteiger partial charge in [-0.05, 0) is 12.1 Å². The maximum absolute atomic E-state index is 11.4. The molecule has 3 rings (SSSR count). The van der Waals surface area contributed by atoms with Crippen molar-refractivity contribution in [3.05, 3.63) is 34.2 Å². The van der Waals surface area contributed by atoms with Crippen molar-refractivity contribution >= 4 is 11.9 Å². The van der Waals surface area contributed by atoms with E-state index in [2.05, 4.69) is 30.4 Å². The summed E-state index contributed by atoms with van der Waals surface area (Å²) >= 11 is 0. The van der Waals surface area contributed by atoms with Crippen molar-refractivity contribution in [2.75, 3.05) is 44.7 Å². The number of aromatic carboxylic acids is 1. The van der Waals surface area contributed by atoms with Crippen molar-refractivity contribution in [2.24, 2.45) is 0 Å². The third-order valence-electron chi connectivity index (χ3n) is 3.77. The molecule has 0 aliphatic carbocycles. The van der Waals surface area contributed by atoms with Crippen molar-refractivity contribution in [1.29, 1.82) is 0 Å². The number of rotatable bonds is 6. The van der Waals surface area contributed by atoms with Gasteiger partial charge in [0, 0.05) is 32.4 Å². The Kier molecular flexibility index (Phi) is 5.31. The molecule has 3 N–H and O–H groups in total. The fraction of sp³-hybridized carbons (Fsp3) is 0.400. The Hall–Kier alpha value is -2.85. The second kappa shape index (κ2) is 7.81. The minimum absolute atomic E-state index is 0.260. The SMILES string of the molecule is O=C(O)c1cc(-c2ccnc(NCCN3CCOCC3)n2)n[nH]c1=O. The molecule has 3 heterocycles. The lowest BCUT2D eigenvalue weighted by Crippen LogP contribution is -2.39. The number of nitrogens with one attached hydrogen (secondary N) is 2. The zero-order chi connectivity index (χ0) is 17.6. The molecule has 0 saturated carbocycles. The van der Waals surface area contributed by atoms with E-state index in [1.807, 2.05) is 0 Å². The molecule has 0 bridgehead atoms. The maximum atomic E-state index is 11.4. The van der Waals surface area contributed by atoms with E-state index in [0.29, 0.717) is 18.2 Å². The standard InChI is InChI=1S/C15H18N6O4/c22-13-10(14(23)24)9-12(19-20-13)11-1-2-16-15(18-11)17-3-4-21-5-7-25-8-6-21/h1-2,9H,3-8H2,(H,20,22)(H,23,24)(H,16,17,18). The predicted molar refractivity (Wildman–Crippen MR) is 88.6 cm³/mol. The quantitative estimate of drug-likeness (QED) is 0.643. The van der Waals surface area contributed by atoms with Crippen LogP contribution in [0.2, 0.25) is 0 Å². The van der Waals surface area contributed by atoms with Crippen LogP contribution in [0.15, 0.2) is 23.1 Å². The summed E-state index contributed by atoms with van der Waals surface area (Å²) in [6.07, 6.45) is 1.55. The van der Waals surface area contributed by atoms with Gasteiger partial charge in [0.2, 0.25) is 5.95 Å². The number of anilines is 1. The Labute approximate surface area is 142 Å². The molecule has 132 valence electrons. The molecule has 0 atom stereocenters. The monoisotopic (exact) mass is 346 g/mol. The van der Waals surface area contributed by atoms with Gasteiger partial charge in [-0.1, -0.05) is 0 Å². The normalized spacial score (nSPS) is 15.0. The molecule has 0 radical (unpaired) electrons. The van der Waals surface area contributed by atoms with E-state index in [0.717, 1.165) is 32.8 Å². The highest BCUT2D eigenvalue weighted by molar-refractivity contribution is 5.88. The van der Waals surface area contributed by atoms with Gasteiger partial charge in [-0.25, -0.2) is 19.9 Å². The number of nitrogens with zero attached hydrogens (tertiary/aromatic N) is 4. The van der Waals surface area contributed by atoms with Gasteiger partial charge in [0.1, 0.15) is 11.3 Å². The Bertz CT molecular complexity index is 803. The van der Waals surface area contributed by atoms with Crippen molar-refractivity contribution in [3.8, 4) is 11.4 Å². The van der Waals surface area contributed by atoms with Crippen LogP contribution in [0.1, 0.15) is 10.4 Å². The second-order valence-electron chi connectivity index (χ2n) is 5.45. The van der Waals surface area contributed by atoms with E-state index in [1.54, 1.807) is 12.3 Å². The summed E-state index contributed by atoms with van der Waals surface area (Å²) in [6.45, 7) is 4.81. The molecule has 25 heavy (non-hydrogen) atoms. The zero-order valence-electron chi connectivity index (χ0n) is 13.4. The van der Waals surface area contributed by atoms with E-state index in [-0.39, 0.29) is 11.3 Å². The lowest BCUT2D eigenvalue weighted by molar-refractivity contribution is 0.0398. The third-order valence-corrected chi connectivity index (χ3v) is 3.77. The van der Waals surface area contributed by atoms with Crippen LogP contribution < -0.4 is 10.9 Å². The van der Waals surface area contributed by atoms with Gasteiger partial charge in [0.05, 0.1) is 18.9 Å². The number of ether oxygens (including phenoxy) is 1. The van der Waals surface area contributed by atoms with Gasteiger partial charge in [0.15, 0.2) is 0 Å². The molecule has 0 aromatic carbocycles. The highest BCUT2D eigenvalue weighted by atomic mass is 16.5. The van der Waals surface area contributed by atoms with Crippen LogP contribution in [0.3, 0.4) is 0 Å². The lowest BCUT2D eigenvalue weighted by atomic mass is 10.2. The Morgan fingerprint density at radius 3 is 2.92 bits per heavy atom. The summed E-state index contributed by atoms with van der Waals surface area (Å²) in [5.74, 6) is -0.904. The highest BCUT2D eigenvalue weighted by Gasteiger charge is 2.13. The number of carboxylic acid groups (broad SMARTS) is 1. The molecule has 1 aliphatic heterocycles. The topological polar surface area (TPSA) is 133 Å². The van der Waals surface area contributed by atoms with E-state index < -0.39 is 11.5 Å². The van der Waals surface area contributed by atoms with Gasteiger partial charge in [-0.3, -0.25) is 9.69 Å². The molecule has 1 saturated heterocycles. The van der Waals surface area contributed by atoms with Crippen LogP contribution in [0.25, 0.3) is 11.4 Å². The first kappa shape index (κ1) is 17.0. The molecule has 2 aromatic rings. The summed E-state index contributed by atoms with van der Waals surface area (Å²) in [7, 11) is 0. The Balaban J connectivity index is 1.68. The number of morpholine rings is 1. The number of aromatic amines is 1. The van der Waals surface area contributed by atoms with E-state index in [4.69, 9.17) is 9.84 Å². The summed E-state index contributed by atoms with van der Waals surface area (Å²) < 4.78 is 5.30. The van der Waals surface area contributed by atoms with Crippen LogP contribution >= 0.6 is 0 Å². The van der Waals surface area contributed by atoms with Crippen molar-refractivity contribution in [3.63, 3.8) is 0 Å². The second-order valence-corrected chi connectivity index (χ2v) is 5.45. The van der Waals surface area contributed by atoms with E-state index in [1.165, 1.54) is 6.07 Å². The predicted octanol–water partition coefficient (Wildman–Crippen LogP) is -0.331. The molecular formula is C15H18N6O4. The maximum Gasteiger partial charge on any atom is 0.341 e. The van der Waals surface area contributed by atoms with E-state index in [9.17, 15) is 9.59 Å². The average Bonchev–Trinajstić information content (AvgIpc) is 2.63. The highest BCUT2D eigenvalue weighted by Crippen LogP contribution is 2.14. The van der Waals surface area contributed by atoms with Crippen LogP contribution in [-0.4, -0.2) is 75.5 Å². The zero-order valence-corrected chi connectivity index (χ0v) is 13.4. The molecular weight excluding hydrogens is 328 g/mol. The summed E-state index contributed by atoms with van der Waals surface area (Å²) in [6, 6.07) is 2.79. The largest absolute Gasteiger partial charge is 0.477 e.